The van der Waals surface area contributed by atoms with Gasteiger partial charge in [-0.3, -0.25) is 9.59 Å². The van der Waals surface area contributed by atoms with Crippen molar-refractivity contribution < 1.29 is 24.2 Å². The number of aliphatic hydroxyl groups excluding tert-OH is 1. The molecule has 1 N–H and O–H groups in total. The summed E-state index contributed by atoms with van der Waals surface area (Å²) < 4.78 is 10.1. The number of hydrogen-bond acceptors (Lipinski definition) is 5. The standard InChI is InChI=1S/C13H14O5/c14-8-10-3-1-2-4-11(10)18-13(16)9-5-6-17-12(15)7-9/h1-4,8-9,12,15H,5-7H2. The summed E-state index contributed by atoms with van der Waals surface area (Å²) in [5.41, 5.74) is 0.332. The van der Waals surface area contributed by atoms with Crippen molar-refractivity contribution >= 4 is 12.3 Å². The molecule has 96 valence electrons. The van der Waals surface area contributed by atoms with E-state index >= 15 is 0 Å². The van der Waals surface area contributed by atoms with E-state index in [0.717, 1.165) is 0 Å². The van der Waals surface area contributed by atoms with Gasteiger partial charge < -0.3 is 14.6 Å². The predicted molar refractivity (Wildman–Crippen MR) is 62.1 cm³/mol. The number of rotatable bonds is 3. The van der Waals surface area contributed by atoms with Gasteiger partial charge in [0.2, 0.25) is 0 Å². The first kappa shape index (κ1) is 12.7. The fraction of sp³-hybridized carbons (Fsp3) is 0.385. The molecule has 0 spiro atoms. The summed E-state index contributed by atoms with van der Waals surface area (Å²) in [4.78, 5) is 22.7. The van der Waals surface area contributed by atoms with Crippen molar-refractivity contribution in [3.8, 4) is 5.75 Å². The minimum Gasteiger partial charge on any atom is -0.426 e. The fourth-order valence-corrected chi connectivity index (χ4v) is 1.85. The summed E-state index contributed by atoms with van der Waals surface area (Å²) in [7, 11) is 0. The van der Waals surface area contributed by atoms with Crippen molar-refractivity contribution in [3.63, 3.8) is 0 Å². The second-order valence-electron chi connectivity index (χ2n) is 4.12. The monoisotopic (exact) mass is 250 g/mol. The number of para-hydroxylation sites is 1. The molecule has 2 rings (SSSR count). The van der Waals surface area contributed by atoms with Crippen molar-refractivity contribution in [2.75, 3.05) is 6.61 Å². The predicted octanol–water partition coefficient (Wildman–Crippen LogP) is 1.15. The molecular formula is C13H14O5. The van der Waals surface area contributed by atoms with E-state index in [4.69, 9.17) is 9.47 Å². The molecule has 1 fully saturated rings. The van der Waals surface area contributed by atoms with Gasteiger partial charge in [-0.25, -0.2) is 0 Å². The third-order valence-corrected chi connectivity index (χ3v) is 2.85. The van der Waals surface area contributed by atoms with Crippen molar-refractivity contribution in [1.29, 1.82) is 0 Å². The van der Waals surface area contributed by atoms with E-state index in [2.05, 4.69) is 0 Å². The Bertz CT molecular complexity index is 443. The number of aldehydes is 1. The van der Waals surface area contributed by atoms with Crippen molar-refractivity contribution in [3.05, 3.63) is 29.8 Å². The summed E-state index contributed by atoms with van der Waals surface area (Å²) in [6, 6.07) is 6.53. The molecule has 2 unspecified atom stereocenters. The molecule has 1 aromatic rings. The Labute approximate surface area is 104 Å². The highest BCUT2D eigenvalue weighted by Gasteiger charge is 2.28. The Kier molecular flexibility index (Phi) is 4.07. The highest BCUT2D eigenvalue weighted by Crippen LogP contribution is 2.23. The van der Waals surface area contributed by atoms with Gasteiger partial charge in [0.1, 0.15) is 5.75 Å². The second-order valence-corrected chi connectivity index (χ2v) is 4.12. The van der Waals surface area contributed by atoms with E-state index in [1.165, 1.54) is 0 Å². The number of benzene rings is 1. The Morgan fingerprint density at radius 3 is 2.94 bits per heavy atom. The molecule has 0 amide bonds. The molecule has 0 aromatic heterocycles. The molecule has 0 radical (unpaired) electrons. The van der Waals surface area contributed by atoms with Gasteiger partial charge >= 0.3 is 5.97 Å². The number of aliphatic hydroxyl groups is 1. The second kappa shape index (κ2) is 5.75. The Balaban J connectivity index is 2.04. The SMILES string of the molecule is O=Cc1ccccc1OC(=O)C1CCOC(O)C1. The zero-order valence-electron chi connectivity index (χ0n) is 9.74. The van der Waals surface area contributed by atoms with Crippen LogP contribution in [0.4, 0.5) is 0 Å². The summed E-state index contributed by atoms with van der Waals surface area (Å²) in [5, 5.41) is 9.31. The highest BCUT2D eigenvalue weighted by atomic mass is 16.6. The molecule has 5 nitrogen and oxygen atoms in total. The van der Waals surface area contributed by atoms with Crippen LogP contribution in [0.2, 0.25) is 0 Å². The van der Waals surface area contributed by atoms with Crippen LogP contribution in [0.25, 0.3) is 0 Å². The first-order chi connectivity index (χ1) is 8.70. The van der Waals surface area contributed by atoms with E-state index < -0.39 is 18.2 Å². The van der Waals surface area contributed by atoms with Crippen LogP contribution in [0.5, 0.6) is 5.75 Å². The lowest BCUT2D eigenvalue weighted by atomic mass is 10.00. The molecule has 1 aliphatic heterocycles. The molecule has 1 aliphatic rings. The molecule has 0 aliphatic carbocycles. The van der Waals surface area contributed by atoms with Crippen LogP contribution < -0.4 is 4.74 Å². The quantitative estimate of drug-likeness (QED) is 0.495. The van der Waals surface area contributed by atoms with Crippen molar-refractivity contribution in [2.45, 2.75) is 19.1 Å². The zero-order chi connectivity index (χ0) is 13.0. The van der Waals surface area contributed by atoms with Gasteiger partial charge in [-0.05, 0) is 18.6 Å². The fourth-order valence-electron chi connectivity index (χ4n) is 1.85. The van der Waals surface area contributed by atoms with Crippen LogP contribution in [-0.2, 0) is 9.53 Å². The Morgan fingerprint density at radius 2 is 2.22 bits per heavy atom. The number of ether oxygens (including phenoxy) is 2. The summed E-state index contributed by atoms with van der Waals surface area (Å²) in [6.45, 7) is 0.330. The highest BCUT2D eigenvalue weighted by molar-refractivity contribution is 5.83. The minimum atomic E-state index is -0.919. The maximum Gasteiger partial charge on any atom is 0.314 e. The molecule has 18 heavy (non-hydrogen) atoms. The van der Waals surface area contributed by atoms with E-state index in [1.54, 1.807) is 24.3 Å². The lowest BCUT2D eigenvalue weighted by Crippen LogP contribution is -2.32. The van der Waals surface area contributed by atoms with Gasteiger partial charge in [0, 0.05) is 6.42 Å². The molecule has 0 bridgehead atoms. The van der Waals surface area contributed by atoms with Crippen LogP contribution in [0.15, 0.2) is 24.3 Å². The molecule has 5 heteroatoms. The number of carbonyl (C=O) groups excluding carboxylic acids is 2. The van der Waals surface area contributed by atoms with E-state index in [0.29, 0.717) is 24.9 Å². The first-order valence-corrected chi connectivity index (χ1v) is 5.76. The molecule has 0 saturated carbocycles. The van der Waals surface area contributed by atoms with Gasteiger partial charge in [0.15, 0.2) is 12.6 Å². The van der Waals surface area contributed by atoms with Crippen molar-refractivity contribution in [2.24, 2.45) is 5.92 Å². The molecular weight excluding hydrogens is 236 g/mol. The average molecular weight is 250 g/mol. The van der Waals surface area contributed by atoms with Gasteiger partial charge in [-0.2, -0.15) is 0 Å². The lowest BCUT2D eigenvalue weighted by molar-refractivity contribution is -0.162. The molecule has 1 aromatic carbocycles. The third kappa shape index (κ3) is 2.94. The summed E-state index contributed by atoms with van der Waals surface area (Å²) >= 11 is 0. The number of hydrogen-bond donors (Lipinski definition) is 1. The van der Waals surface area contributed by atoms with Crippen molar-refractivity contribution in [1.82, 2.24) is 0 Å². The smallest absolute Gasteiger partial charge is 0.314 e. The van der Waals surface area contributed by atoms with Gasteiger partial charge in [0.05, 0.1) is 18.1 Å². The van der Waals surface area contributed by atoms with Crippen LogP contribution in [0.1, 0.15) is 23.2 Å². The minimum absolute atomic E-state index is 0.224. The van der Waals surface area contributed by atoms with Gasteiger partial charge in [-0.15, -0.1) is 0 Å². The van der Waals surface area contributed by atoms with Crippen LogP contribution >= 0.6 is 0 Å². The zero-order valence-corrected chi connectivity index (χ0v) is 9.74. The number of esters is 1. The maximum absolute atomic E-state index is 11.9. The molecule has 2 atom stereocenters. The summed E-state index contributed by atoms with van der Waals surface area (Å²) in [5.74, 6) is -0.585. The van der Waals surface area contributed by atoms with E-state index in [1.807, 2.05) is 0 Å². The normalized spacial score (nSPS) is 23.4. The maximum atomic E-state index is 11.9. The Hall–Kier alpha value is -1.72. The third-order valence-electron chi connectivity index (χ3n) is 2.85. The largest absolute Gasteiger partial charge is 0.426 e. The summed E-state index contributed by atoms with van der Waals surface area (Å²) in [6.07, 6.45) is 0.459. The average Bonchev–Trinajstić information content (AvgIpc) is 2.39. The van der Waals surface area contributed by atoms with Gasteiger partial charge in [-0.1, -0.05) is 12.1 Å². The van der Waals surface area contributed by atoms with Crippen LogP contribution in [0.3, 0.4) is 0 Å². The molecule has 1 saturated heterocycles. The number of carbonyl (C=O) groups is 2. The van der Waals surface area contributed by atoms with Crippen LogP contribution in [0, 0.1) is 5.92 Å². The first-order valence-electron chi connectivity index (χ1n) is 5.76. The van der Waals surface area contributed by atoms with Crippen LogP contribution in [-0.4, -0.2) is 30.3 Å². The van der Waals surface area contributed by atoms with E-state index in [9.17, 15) is 14.7 Å². The Morgan fingerprint density at radius 1 is 1.44 bits per heavy atom. The van der Waals surface area contributed by atoms with E-state index in [-0.39, 0.29) is 12.2 Å². The lowest BCUT2D eigenvalue weighted by Gasteiger charge is -2.24. The van der Waals surface area contributed by atoms with Gasteiger partial charge in [0.25, 0.3) is 0 Å². The topological polar surface area (TPSA) is 72.8 Å². The molecule has 1 heterocycles.